The Labute approximate surface area is 125 Å². The molecule has 2 saturated heterocycles. The van der Waals surface area contributed by atoms with Crippen LogP contribution in [0, 0.1) is 0 Å². The number of para-hydroxylation sites is 1. The molecule has 104 valence electrons. The highest BCUT2D eigenvalue weighted by molar-refractivity contribution is 6.33. The highest BCUT2D eigenvalue weighted by Gasteiger charge is 2.35. The van der Waals surface area contributed by atoms with E-state index >= 15 is 0 Å². The van der Waals surface area contributed by atoms with Crippen LogP contribution in [0.1, 0.15) is 25.3 Å². The smallest absolute Gasteiger partial charge is 0.0642 e. The minimum atomic E-state index is 0.496. The predicted molar refractivity (Wildman–Crippen MR) is 82.4 cm³/mol. The van der Waals surface area contributed by atoms with Crippen LogP contribution in [-0.2, 0) is 5.88 Å². The van der Waals surface area contributed by atoms with E-state index in [1.165, 1.54) is 19.4 Å². The van der Waals surface area contributed by atoms with Crippen LogP contribution >= 0.6 is 23.2 Å². The molecule has 4 heteroatoms. The molecule has 0 aromatic heterocycles. The topological polar surface area (TPSA) is 6.48 Å². The Hall–Kier alpha value is -0.440. The van der Waals surface area contributed by atoms with Crippen molar-refractivity contribution < 1.29 is 0 Å². The van der Waals surface area contributed by atoms with Gasteiger partial charge < -0.3 is 4.90 Å². The van der Waals surface area contributed by atoms with Crippen LogP contribution in [0.5, 0.6) is 0 Å². The highest BCUT2D eigenvalue weighted by atomic mass is 35.5. The van der Waals surface area contributed by atoms with Gasteiger partial charge in [-0.1, -0.05) is 23.7 Å². The average Bonchev–Trinajstić information content (AvgIpc) is 2.84. The number of hydrogen-bond donors (Lipinski definition) is 0. The largest absolute Gasteiger partial charge is 0.365 e. The summed E-state index contributed by atoms with van der Waals surface area (Å²) in [5.74, 6) is 0.521. The molecular weight excluding hydrogens is 279 g/mol. The summed E-state index contributed by atoms with van der Waals surface area (Å²) >= 11 is 12.5. The SMILES string of the molecule is CC1CN2CCCC2CN1c1c(Cl)cccc1CCl. The average molecular weight is 299 g/mol. The van der Waals surface area contributed by atoms with Crippen LogP contribution in [0.15, 0.2) is 18.2 Å². The number of benzene rings is 1. The fourth-order valence-electron chi connectivity index (χ4n) is 3.49. The van der Waals surface area contributed by atoms with Crippen molar-refractivity contribution in [3.05, 3.63) is 28.8 Å². The van der Waals surface area contributed by atoms with Crippen molar-refractivity contribution in [3.63, 3.8) is 0 Å². The summed E-state index contributed by atoms with van der Waals surface area (Å²) in [7, 11) is 0. The molecule has 2 nitrogen and oxygen atoms in total. The zero-order valence-corrected chi connectivity index (χ0v) is 12.8. The number of rotatable bonds is 2. The molecule has 2 aliphatic heterocycles. The van der Waals surface area contributed by atoms with E-state index < -0.39 is 0 Å². The molecule has 0 amide bonds. The molecule has 2 aliphatic rings. The summed E-state index contributed by atoms with van der Waals surface area (Å²) < 4.78 is 0. The van der Waals surface area contributed by atoms with Crippen LogP contribution in [-0.4, -0.2) is 36.6 Å². The van der Waals surface area contributed by atoms with Gasteiger partial charge >= 0.3 is 0 Å². The molecule has 0 aliphatic carbocycles. The van der Waals surface area contributed by atoms with E-state index in [1.807, 2.05) is 12.1 Å². The summed E-state index contributed by atoms with van der Waals surface area (Å²) in [4.78, 5) is 5.09. The van der Waals surface area contributed by atoms with Gasteiger partial charge in [0.05, 0.1) is 10.7 Å². The molecular formula is C15H20Cl2N2. The van der Waals surface area contributed by atoms with Gasteiger partial charge in [0.15, 0.2) is 0 Å². The van der Waals surface area contributed by atoms with Gasteiger partial charge in [0, 0.05) is 31.1 Å². The maximum Gasteiger partial charge on any atom is 0.0642 e. The molecule has 0 bridgehead atoms. The summed E-state index contributed by atoms with van der Waals surface area (Å²) in [6, 6.07) is 7.23. The van der Waals surface area contributed by atoms with Crippen LogP contribution < -0.4 is 4.90 Å². The Morgan fingerprint density at radius 1 is 1.32 bits per heavy atom. The molecule has 2 unspecified atom stereocenters. The lowest BCUT2D eigenvalue weighted by atomic mass is 10.0. The van der Waals surface area contributed by atoms with Gasteiger partial charge in [-0.2, -0.15) is 0 Å². The first-order valence-corrected chi connectivity index (χ1v) is 7.96. The number of piperazine rings is 1. The first-order valence-electron chi connectivity index (χ1n) is 7.04. The Morgan fingerprint density at radius 2 is 2.16 bits per heavy atom. The molecule has 0 N–H and O–H groups in total. The van der Waals surface area contributed by atoms with Crippen molar-refractivity contribution in [1.29, 1.82) is 0 Å². The van der Waals surface area contributed by atoms with Crippen molar-refractivity contribution in [3.8, 4) is 0 Å². The molecule has 2 fully saturated rings. The third kappa shape index (κ3) is 2.46. The molecule has 3 rings (SSSR count). The second-order valence-electron chi connectivity index (χ2n) is 5.67. The first-order chi connectivity index (χ1) is 9.20. The van der Waals surface area contributed by atoms with Gasteiger partial charge in [-0.25, -0.2) is 0 Å². The number of alkyl halides is 1. The number of halogens is 2. The quantitative estimate of drug-likeness (QED) is 0.767. The first kappa shape index (κ1) is 13.5. The summed E-state index contributed by atoms with van der Waals surface area (Å²) in [5.41, 5.74) is 2.30. The van der Waals surface area contributed by atoms with Gasteiger partial charge in [-0.15, -0.1) is 11.6 Å². The number of anilines is 1. The van der Waals surface area contributed by atoms with Crippen molar-refractivity contribution in [2.45, 2.75) is 37.7 Å². The standard InChI is InChI=1S/C15H20Cl2N2/c1-11-9-18-7-3-5-13(18)10-19(11)15-12(8-16)4-2-6-14(15)17/h2,4,6,11,13H,3,5,7-10H2,1H3. The second kappa shape index (κ2) is 5.51. The van der Waals surface area contributed by atoms with Crippen molar-refractivity contribution in [2.24, 2.45) is 0 Å². The van der Waals surface area contributed by atoms with Crippen LogP contribution in [0.25, 0.3) is 0 Å². The lowest BCUT2D eigenvalue weighted by Crippen LogP contribution is -2.55. The van der Waals surface area contributed by atoms with Crippen LogP contribution in [0.3, 0.4) is 0 Å². The Balaban J connectivity index is 1.93. The number of hydrogen-bond acceptors (Lipinski definition) is 2. The van der Waals surface area contributed by atoms with Gasteiger partial charge in [-0.05, 0) is 37.9 Å². The molecule has 2 atom stereocenters. The summed E-state index contributed by atoms with van der Waals surface area (Å²) in [6.07, 6.45) is 2.64. The second-order valence-corrected chi connectivity index (χ2v) is 6.35. The molecule has 2 heterocycles. The Kier molecular flexibility index (Phi) is 3.93. The zero-order valence-electron chi connectivity index (χ0n) is 11.3. The molecule has 1 aromatic rings. The summed E-state index contributed by atoms with van der Waals surface area (Å²) in [6.45, 7) is 5.76. The predicted octanol–water partition coefficient (Wildman–Crippen LogP) is 3.75. The zero-order chi connectivity index (χ0) is 13.4. The maximum absolute atomic E-state index is 6.44. The van der Waals surface area contributed by atoms with E-state index in [0.29, 0.717) is 18.0 Å². The van der Waals surface area contributed by atoms with E-state index in [-0.39, 0.29) is 0 Å². The minimum absolute atomic E-state index is 0.496. The van der Waals surface area contributed by atoms with Crippen LogP contribution in [0.4, 0.5) is 5.69 Å². The van der Waals surface area contributed by atoms with Gasteiger partial charge in [0.1, 0.15) is 0 Å². The van der Waals surface area contributed by atoms with Crippen molar-refractivity contribution >= 4 is 28.9 Å². The highest BCUT2D eigenvalue weighted by Crippen LogP contribution is 2.36. The fraction of sp³-hybridized carbons (Fsp3) is 0.600. The number of nitrogens with zero attached hydrogens (tertiary/aromatic N) is 2. The van der Waals surface area contributed by atoms with Crippen molar-refractivity contribution in [2.75, 3.05) is 24.5 Å². The van der Waals surface area contributed by atoms with Gasteiger partial charge in [0.2, 0.25) is 0 Å². The number of fused-ring (bicyclic) bond motifs is 1. The van der Waals surface area contributed by atoms with E-state index in [4.69, 9.17) is 23.2 Å². The minimum Gasteiger partial charge on any atom is -0.365 e. The van der Waals surface area contributed by atoms with Crippen molar-refractivity contribution in [1.82, 2.24) is 4.90 Å². The third-order valence-corrected chi connectivity index (χ3v) is 5.03. The van der Waals surface area contributed by atoms with E-state index in [2.05, 4.69) is 22.8 Å². The Morgan fingerprint density at radius 3 is 2.95 bits per heavy atom. The monoisotopic (exact) mass is 298 g/mol. The van der Waals surface area contributed by atoms with Crippen LogP contribution in [0.2, 0.25) is 5.02 Å². The van der Waals surface area contributed by atoms with E-state index in [9.17, 15) is 0 Å². The maximum atomic E-state index is 6.44. The fourth-order valence-corrected chi connectivity index (χ4v) is 4.01. The third-order valence-electron chi connectivity index (χ3n) is 4.44. The van der Waals surface area contributed by atoms with E-state index in [1.54, 1.807) is 0 Å². The lowest BCUT2D eigenvalue weighted by Gasteiger charge is -2.44. The van der Waals surface area contributed by atoms with E-state index in [0.717, 1.165) is 29.4 Å². The molecule has 0 saturated carbocycles. The summed E-state index contributed by atoms with van der Waals surface area (Å²) in [5, 5.41) is 0.830. The van der Waals surface area contributed by atoms with Gasteiger partial charge in [0.25, 0.3) is 0 Å². The molecule has 0 spiro atoms. The molecule has 19 heavy (non-hydrogen) atoms. The molecule has 0 radical (unpaired) electrons. The molecule has 1 aromatic carbocycles. The van der Waals surface area contributed by atoms with Gasteiger partial charge in [-0.3, -0.25) is 4.90 Å². The normalized spacial score (nSPS) is 27.6. The Bertz CT molecular complexity index is 463. The lowest BCUT2D eigenvalue weighted by molar-refractivity contribution is 0.203.